The minimum Gasteiger partial charge on any atom is -0.504 e. The topological polar surface area (TPSA) is 214 Å². The number of hydrogen-bond acceptors (Lipinski definition) is 12. The summed E-state index contributed by atoms with van der Waals surface area (Å²) in [5, 5.41) is 75.3. The van der Waals surface area contributed by atoms with Gasteiger partial charge in [-0.05, 0) is 24.3 Å². The minimum absolute atomic E-state index is 0.419. The van der Waals surface area contributed by atoms with Crippen LogP contribution in [0.15, 0.2) is 24.3 Å². The van der Waals surface area contributed by atoms with E-state index in [1.807, 2.05) is 0 Å². The highest BCUT2D eigenvalue weighted by molar-refractivity contribution is 5.92. The lowest BCUT2D eigenvalue weighted by molar-refractivity contribution is -0.0683. The highest BCUT2D eigenvalue weighted by Gasteiger charge is 2.30. The Morgan fingerprint density at radius 1 is 0.633 bits per heavy atom. The number of aromatic hydroxyl groups is 6. The number of phenolic OH excluding ortho intramolecular Hbond substituents is 6. The number of rotatable bonds is 7. The van der Waals surface area contributed by atoms with Gasteiger partial charge in [-0.3, -0.25) is 0 Å². The molecule has 0 spiro atoms. The van der Waals surface area contributed by atoms with E-state index in [1.165, 1.54) is 0 Å². The normalized spacial score (nSPS) is 12.7. The highest BCUT2D eigenvalue weighted by Crippen LogP contribution is 2.36. The summed E-state index contributed by atoms with van der Waals surface area (Å²) in [6.45, 7) is -1.82. The number of aliphatic hydroxyl groups excluding tert-OH is 2. The zero-order valence-corrected chi connectivity index (χ0v) is 15.1. The molecule has 0 aliphatic carbocycles. The smallest absolute Gasteiger partial charge is 0.338 e. The van der Waals surface area contributed by atoms with E-state index < -0.39 is 83.0 Å². The number of benzene rings is 2. The molecule has 2 atom stereocenters. The molecule has 12 heteroatoms. The molecule has 0 aromatic heterocycles. The average Bonchev–Trinajstić information content (AvgIpc) is 2.71. The molecule has 0 unspecified atom stereocenters. The molecule has 0 bridgehead atoms. The van der Waals surface area contributed by atoms with Crippen LogP contribution in [0.2, 0.25) is 0 Å². The zero-order chi connectivity index (χ0) is 22.6. The van der Waals surface area contributed by atoms with Gasteiger partial charge in [-0.1, -0.05) is 0 Å². The SMILES string of the molecule is O=C(O[C@@H](CO)[C@H](CO)OC(=O)c1cc(O)c(O)c(O)c1)c1cc(O)c(O)c(O)c1. The number of carbonyl (C=O) groups is 2. The molecule has 0 heterocycles. The summed E-state index contributed by atoms with van der Waals surface area (Å²) in [7, 11) is 0. The van der Waals surface area contributed by atoms with Crippen LogP contribution in [-0.2, 0) is 9.47 Å². The van der Waals surface area contributed by atoms with Crippen LogP contribution in [0.3, 0.4) is 0 Å². The van der Waals surface area contributed by atoms with E-state index in [0.29, 0.717) is 0 Å². The van der Waals surface area contributed by atoms with Crippen molar-refractivity contribution in [3.05, 3.63) is 35.4 Å². The monoisotopic (exact) mass is 426 g/mol. The molecule has 0 fully saturated rings. The summed E-state index contributed by atoms with van der Waals surface area (Å²) in [5.74, 6) is -7.41. The molecule has 2 rings (SSSR count). The second-order valence-corrected chi connectivity index (χ2v) is 5.98. The second-order valence-electron chi connectivity index (χ2n) is 5.98. The predicted molar refractivity (Wildman–Crippen MR) is 95.5 cm³/mol. The fraction of sp³-hybridized carbons (Fsp3) is 0.222. The Morgan fingerprint density at radius 3 is 1.13 bits per heavy atom. The largest absolute Gasteiger partial charge is 0.504 e. The van der Waals surface area contributed by atoms with Gasteiger partial charge in [0.05, 0.1) is 24.3 Å². The summed E-state index contributed by atoms with van der Waals surface area (Å²) in [6.07, 6.45) is -3.19. The molecule has 2 aromatic carbocycles. The molecule has 0 aliphatic heterocycles. The number of aliphatic hydroxyl groups is 2. The Kier molecular flexibility index (Phi) is 6.77. The summed E-state index contributed by atoms with van der Waals surface area (Å²) in [6, 6.07) is 3.09. The second kappa shape index (κ2) is 9.07. The molecule has 0 aliphatic rings. The third-order valence-electron chi connectivity index (χ3n) is 3.90. The highest BCUT2D eigenvalue weighted by atomic mass is 16.6. The van der Waals surface area contributed by atoms with Crippen LogP contribution in [0.1, 0.15) is 20.7 Å². The van der Waals surface area contributed by atoms with E-state index in [0.717, 1.165) is 24.3 Å². The van der Waals surface area contributed by atoms with Gasteiger partial charge in [-0.2, -0.15) is 0 Å². The minimum atomic E-state index is -1.59. The van der Waals surface area contributed by atoms with Crippen molar-refractivity contribution in [1.82, 2.24) is 0 Å². The molecule has 8 N–H and O–H groups in total. The molecule has 0 amide bonds. The number of esters is 2. The van der Waals surface area contributed by atoms with Crippen molar-refractivity contribution in [3.8, 4) is 34.5 Å². The van der Waals surface area contributed by atoms with Gasteiger partial charge in [0, 0.05) is 0 Å². The van der Waals surface area contributed by atoms with Crippen LogP contribution in [0.4, 0.5) is 0 Å². The van der Waals surface area contributed by atoms with Gasteiger partial charge in [0.15, 0.2) is 46.7 Å². The molecule has 0 saturated carbocycles. The molecule has 30 heavy (non-hydrogen) atoms. The van der Waals surface area contributed by atoms with Gasteiger partial charge in [0.2, 0.25) is 0 Å². The molecule has 2 aromatic rings. The van der Waals surface area contributed by atoms with Gasteiger partial charge in [-0.25, -0.2) is 9.59 Å². The van der Waals surface area contributed by atoms with Crippen LogP contribution in [-0.4, -0.2) is 78.2 Å². The van der Waals surface area contributed by atoms with Crippen LogP contribution < -0.4 is 0 Å². The van der Waals surface area contributed by atoms with Crippen molar-refractivity contribution in [2.75, 3.05) is 13.2 Å². The molecule has 0 radical (unpaired) electrons. The maximum Gasteiger partial charge on any atom is 0.338 e. The Hall–Kier alpha value is -3.90. The van der Waals surface area contributed by atoms with E-state index in [2.05, 4.69) is 0 Å². The molecule has 162 valence electrons. The Morgan fingerprint density at radius 2 is 0.900 bits per heavy atom. The number of phenols is 6. The summed E-state index contributed by atoms with van der Waals surface area (Å²) in [5.41, 5.74) is -0.838. The molecule has 12 nitrogen and oxygen atoms in total. The van der Waals surface area contributed by atoms with Crippen molar-refractivity contribution in [2.45, 2.75) is 12.2 Å². The summed E-state index contributed by atoms with van der Waals surface area (Å²) in [4.78, 5) is 24.4. The first-order valence-corrected chi connectivity index (χ1v) is 8.22. The molecule has 0 saturated heterocycles. The quantitative estimate of drug-likeness (QED) is 0.211. The lowest BCUT2D eigenvalue weighted by Crippen LogP contribution is -2.40. The van der Waals surface area contributed by atoms with Gasteiger partial charge in [0.1, 0.15) is 0 Å². The fourth-order valence-corrected chi connectivity index (χ4v) is 2.32. The lowest BCUT2D eigenvalue weighted by Gasteiger charge is -2.24. The predicted octanol–water partition coefficient (Wildman–Crippen LogP) is -0.344. The van der Waals surface area contributed by atoms with E-state index in [4.69, 9.17) is 9.47 Å². The van der Waals surface area contributed by atoms with Crippen LogP contribution in [0.25, 0.3) is 0 Å². The third-order valence-corrected chi connectivity index (χ3v) is 3.90. The van der Waals surface area contributed by atoms with Crippen LogP contribution in [0, 0.1) is 0 Å². The third kappa shape index (κ3) is 4.74. The van der Waals surface area contributed by atoms with E-state index >= 15 is 0 Å². The van der Waals surface area contributed by atoms with Gasteiger partial charge < -0.3 is 50.3 Å². The van der Waals surface area contributed by atoms with Crippen molar-refractivity contribution >= 4 is 11.9 Å². The van der Waals surface area contributed by atoms with E-state index in [9.17, 15) is 50.4 Å². The van der Waals surface area contributed by atoms with E-state index in [1.54, 1.807) is 0 Å². The maximum atomic E-state index is 12.2. The first kappa shape index (κ1) is 22.4. The first-order valence-electron chi connectivity index (χ1n) is 8.22. The van der Waals surface area contributed by atoms with Gasteiger partial charge in [-0.15, -0.1) is 0 Å². The lowest BCUT2D eigenvalue weighted by atomic mass is 10.1. The average molecular weight is 426 g/mol. The Bertz CT molecular complexity index is 831. The summed E-state index contributed by atoms with van der Waals surface area (Å²) < 4.78 is 9.85. The maximum absolute atomic E-state index is 12.2. The molecular formula is C18H18O12. The Balaban J connectivity index is 2.17. The van der Waals surface area contributed by atoms with Gasteiger partial charge in [0.25, 0.3) is 0 Å². The fourth-order valence-electron chi connectivity index (χ4n) is 2.32. The van der Waals surface area contributed by atoms with Crippen LogP contribution >= 0.6 is 0 Å². The van der Waals surface area contributed by atoms with Gasteiger partial charge >= 0.3 is 11.9 Å². The first-order chi connectivity index (χ1) is 14.1. The molecular weight excluding hydrogens is 408 g/mol. The number of carbonyl (C=O) groups excluding carboxylic acids is 2. The van der Waals surface area contributed by atoms with Crippen molar-refractivity contribution in [3.63, 3.8) is 0 Å². The van der Waals surface area contributed by atoms with Crippen molar-refractivity contribution < 1.29 is 59.9 Å². The van der Waals surface area contributed by atoms with E-state index in [-0.39, 0.29) is 0 Å². The Labute approximate surface area is 168 Å². The number of ether oxygens (including phenoxy) is 2. The zero-order valence-electron chi connectivity index (χ0n) is 15.1. The number of hydrogen-bond donors (Lipinski definition) is 8. The van der Waals surface area contributed by atoms with Crippen LogP contribution in [0.5, 0.6) is 34.5 Å². The standard InChI is InChI=1S/C18H18O12/c19-5-13(29-17(27)7-1-9(21)15(25)10(22)2-7)14(6-20)30-18(28)8-3-11(23)16(26)12(24)4-8/h1-4,13-14,19-26H,5-6H2/t13-,14-/m0/s1. The summed E-state index contributed by atoms with van der Waals surface area (Å²) >= 11 is 0. The van der Waals surface area contributed by atoms with Crippen molar-refractivity contribution in [1.29, 1.82) is 0 Å². The van der Waals surface area contributed by atoms with Crippen molar-refractivity contribution in [2.24, 2.45) is 0 Å².